The highest BCUT2D eigenvalue weighted by molar-refractivity contribution is 7.13. The van der Waals surface area contributed by atoms with Gasteiger partial charge in [0.05, 0.1) is 24.4 Å². The van der Waals surface area contributed by atoms with Crippen LogP contribution in [0.4, 0.5) is 0 Å². The van der Waals surface area contributed by atoms with Crippen LogP contribution in [0.1, 0.15) is 35.9 Å². The largest absolute Gasteiger partial charge is 0.468 e. The zero-order chi connectivity index (χ0) is 19.3. The van der Waals surface area contributed by atoms with Gasteiger partial charge in [-0.25, -0.2) is 4.98 Å². The number of aromatic nitrogens is 1. The fourth-order valence-corrected chi connectivity index (χ4v) is 4.50. The number of furan rings is 1. The fourth-order valence-electron chi connectivity index (χ4n) is 3.68. The smallest absolute Gasteiger partial charge is 0.226 e. The first kappa shape index (κ1) is 18.9. The third-order valence-corrected chi connectivity index (χ3v) is 6.04. The summed E-state index contributed by atoms with van der Waals surface area (Å²) >= 11 is 1.58. The zero-order valence-electron chi connectivity index (χ0n) is 16.1. The topological polar surface area (TPSA) is 58.4 Å². The van der Waals surface area contributed by atoms with Crippen molar-refractivity contribution < 1.29 is 9.21 Å². The van der Waals surface area contributed by atoms with Crippen molar-refractivity contribution >= 4 is 17.2 Å². The van der Waals surface area contributed by atoms with Crippen LogP contribution < -0.4 is 5.32 Å². The number of aryl methyl sites for hydroxylation is 1. The van der Waals surface area contributed by atoms with Crippen molar-refractivity contribution in [2.75, 3.05) is 19.6 Å². The van der Waals surface area contributed by atoms with Crippen LogP contribution in [0.2, 0.25) is 0 Å². The molecule has 3 heterocycles. The van der Waals surface area contributed by atoms with E-state index in [0.29, 0.717) is 13.0 Å². The molecule has 1 fully saturated rings. The first-order valence-corrected chi connectivity index (χ1v) is 10.6. The molecule has 5 nitrogen and oxygen atoms in total. The highest BCUT2D eigenvalue weighted by Crippen LogP contribution is 2.26. The quantitative estimate of drug-likeness (QED) is 0.651. The van der Waals surface area contributed by atoms with Gasteiger partial charge in [0.15, 0.2) is 0 Å². The Labute approximate surface area is 169 Å². The summed E-state index contributed by atoms with van der Waals surface area (Å²) in [6, 6.07) is 12.3. The van der Waals surface area contributed by atoms with Gasteiger partial charge in [0.1, 0.15) is 10.8 Å². The maximum Gasteiger partial charge on any atom is 0.226 e. The summed E-state index contributed by atoms with van der Waals surface area (Å²) in [6.45, 7) is 4.73. The van der Waals surface area contributed by atoms with Crippen LogP contribution in [-0.4, -0.2) is 35.4 Å². The molecule has 1 amide bonds. The maximum atomic E-state index is 12.5. The summed E-state index contributed by atoms with van der Waals surface area (Å²) in [6.07, 6.45) is 4.40. The van der Waals surface area contributed by atoms with Gasteiger partial charge in [-0.15, -0.1) is 11.3 Å². The van der Waals surface area contributed by atoms with E-state index in [1.165, 1.54) is 18.4 Å². The maximum absolute atomic E-state index is 12.5. The van der Waals surface area contributed by atoms with E-state index < -0.39 is 0 Å². The van der Waals surface area contributed by atoms with Crippen LogP contribution in [-0.2, 0) is 11.2 Å². The van der Waals surface area contributed by atoms with Gasteiger partial charge in [-0.1, -0.05) is 23.8 Å². The number of nitrogens with zero attached hydrogens (tertiary/aromatic N) is 2. The van der Waals surface area contributed by atoms with E-state index in [4.69, 9.17) is 4.42 Å². The van der Waals surface area contributed by atoms with Gasteiger partial charge >= 0.3 is 0 Å². The van der Waals surface area contributed by atoms with Gasteiger partial charge in [-0.05, 0) is 51.1 Å². The van der Waals surface area contributed by atoms with Crippen molar-refractivity contribution in [1.29, 1.82) is 0 Å². The molecule has 28 heavy (non-hydrogen) atoms. The molecule has 0 radical (unpaired) electrons. The van der Waals surface area contributed by atoms with Crippen molar-refractivity contribution in [2.24, 2.45) is 0 Å². The molecule has 1 atom stereocenters. The molecule has 1 aromatic carbocycles. The third-order valence-electron chi connectivity index (χ3n) is 5.10. The lowest BCUT2D eigenvalue weighted by Crippen LogP contribution is -2.37. The molecule has 0 bridgehead atoms. The highest BCUT2D eigenvalue weighted by Gasteiger charge is 2.26. The Morgan fingerprint density at radius 3 is 2.89 bits per heavy atom. The van der Waals surface area contributed by atoms with Crippen molar-refractivity contribution in [2.45, 2.75) is 32.2 Å². The molecular formula is C22H25N3O2S. The van der Waals surface area contributed by atoms with Gasteiger partial charge < -0.3 is 9.73 Å². The number of benzene rings is 1. The standard InChI is InChI=1S/C22H25N3O2S/c1-16-6-4-7-17(12-16)22-24-18(15-28-22)13-21(26)23-14-19(20-8-5-11-27-20)25-9-2-3-10-25/h4-8,11-12,15,19H,2-3,9-10,13-14H2,1H3,(H,23,26). The molecule has 0 saturated carbocycles. The summed E-state index contributed by atoms with van der Waals surface area (Å²) in [5.74, 6) is 0.912. The van der Waals surface area contributed by atoms with E-state index >= 15 is 0 Å². The minimum absolute atomic E-state index is 0.00292. The second-order valence-corrected chi connectivity index (χ2v) is 8.13. The SMILES string of the molecule is Cc1cccc(-c2nc(CC(=O)NCC(c3ccco3)N3CCCC3)cs2)c1. The molecule has 1 N–H and O–H groups in total. The Balaban J connectivity index is 1.36. The fraction of sp³-hybridized carbons (Fsp3) is 0.364. The van der Waals surface area contributed by atoms with Crippen molar-refractivity contribution in [3.63, 3.8) is 0 Å². The number of carbonyl (C=O) groups is 1. The molecule has 0 aliphatic carbocycles. The van der Waals surface area contributed by atoms with Crippen molar-refractivity contribution in [3.8, 4) is 10.6 Å². The van der Waals surface area contributed by atoms with E-state index in [2.05, 4.69) is 40.3 Å². The minimum Gasteiger partial charge on any atom is -0.468 e. The van der Waals surface area contributed by atoms with Gasteiger partial charge in [-0.2, -0.15) is 0 Å². The molecule has 1 saturated heterocycles. The van der Waals surface area contributed by atoms with E-state index in [-0.39, 0.29) is 11.9 Å². The summed E-state index contributed by atoms with van der Waals surface area (Å²) in [5, 5.41) is 6.01. The summed E-state index contributed by atoms with van der Waals surface area (Å²) in [5.41, 5.74) is 3.12. The van der Waals surface area contributed by atoms with Gasteiger partial charge in [0, 0.05) is 17.5 Å². The Morgan fingerprint density at radius 2 is 2.14 bits per heavy atom. The predicted molar refractivity (Wildman–Crippen MR) is 111 cm³/mol. The molecule has 0 spiro atoms. The lowest BCUT2D eigenvalue weighted by atomic mass is 10.1. The highest BCUT2D eigenvalue weighted by atomic mass is 32.1. The zero-order valence-corrected chi connectivity index (χ0v) is 16.9. The van der Waals surface area contributed by atoms with Crippen molar-refractivity contribution in [3.05, 3.63) is 65.1 Å². The number of hydrogen-bond donors (Lipinski definition) is 1. The number of hydrogen-bond acceptors (Lipinski definition) is 5. The number of likely N-dealkylation sites (tertiary alicyclic amines) is 1. The number of amides is 1. The summed E-state index contributed by atoms with van der Waals surface area (Å²) in [4.78, 5) is 19.5. The number of thiazole rings is 1. The molecule has 6 heteroatoms. The molecule has 4 rings (SSSR count). The average molecular weight is 396 g/mol. The summed E-state index contributed by atoms with van der Waals surface area (Å²) in [7, 11) is 0. The molecule has 1 unspecified atom stereocenters. The normalized spacial score (nSPS) is 15.6. The Morgan fingerprint density at radius 1 is 1.29 bits per heavy atom. The number of rotatable bonds is 7. The van der Waals surface area contributed by atoms with Crippen LogP contribution in [0.3, 0.4) is 0 Å². The summed E-state index contributed by atoms with van der Waals surface area (Å²) < 4.78 is 5.62. The van der Waals surface area contributed by atoms with Crippen LogP contribution in [0.15, 0.2) is 52.5 Å². The molecule has 2 aromatic heterocycles. The first-order valence-electron chi connectivity index (χ1n) is 9.74. The Bertz CT molecular complexity index is 914. The van der Waals surface area contributed by atoms with Gasteiger partial charge in [0.25, 0.3) is 0 Å². The molecule has 1 aliphatic heterocycles. The predicted octanol–water partition coefficient (Wildman–Crippen LogP) is 4.21. The van der Waals surface area contributed by atoms with E-state index in [1.807, 2.05) is 23.6 Å². The number of nitrogens with one attached hydrogen (secondary N) is 1. The second-order valence-electron chi connectivity index (χ2n) is 7.27. The molecule has 3 aromatic rings. The minimum atomic E-state index is -0.00292. The number of carbonyl (C=O) groups excluding carboxylic acids is 1. The van der Waals surface area contributed by atoms with Crippen LogP contribution in [0.5, 0.6) is 0 Å². The molecule has 146 valence electrons. The molecular weight excluding hydrogens is 370 g/mol. The van der Waals surface area contributed by atoms with E-state index in [1.54, 1.807) is 17.6 Å². The van der Waals surface area contributed by atoms with Crippen LogP contribution in [0, 0.1) is 6.92 Å². The first-order chi connectivity index (χ1) is 13.7. The van der Waals surface area contributed by atoms with Crippen LogP contribution in [0.25, 0.3) is 10.6 Å². The monoisotopic (exact) mass is 395 g/mol. The Kier molecular flexibility index (Phi) is 5.88. The average Bonchev–Trinajstić information content (AvgIpc) is 3.45. The second kappa shape index (κ2) is 8.71. The van der Waals surface area contributed by atoms with Gasteiger partial charge in [-0.3, -0.25) is 9.69 Å². The van der Waals surface area contributed by atoms with Gasteiger partial charge in [0.2, 0.25) is 5.91 Å². The third kappa shape index (κ3) is 4.51. The lowest BCUT2D eigenvalue weighted by Gasteiger charge is -2.25. The van der Waals surface area contributed by atoms with Crippen LogP contribution >= 0.6 is 11.3 Å². The van der Waals surface area contributed by atoms with E-state index in [9.17, 15) is 4.79 Å². The van der Waals surface area contributed by atoms with Crippen molar-refractivity contribution in [1.82, 2.24) is 15.2 Å². The lowest BCUT2D eigenvalue weighted by molar-refractivity contribution is -0.120. The van der Waals surface area contributed by atoms with E-state index in [0.717, 1.165) is 35.1 Å². The molecule has 1 aliphatic rings. The Hall–Kier alpha value is -2.44.